The number of methoxy groups -OCH3 is 4. The molecule has 0 saturated heterocycles. The maximum absolute atomic E-state index is 14.5. The van der Waals surface area contributed by atoms with Crippen LogP contribution in [0.5, 0.6) is 23.0 Å². The molecule has 12 heteroatoms. The second-order valence-corrected chi connectivity index (χ2v) is 10.7. The minimum Gasteiger partial charge on any atom is -0.497 e. The molecule has 0 spiro atoms. The topological polar surface area (TPSA) is 130 Å². The molecular formula is C31H36N6O6. The summed E-state index contributed by atoms with van der Waals surface area (Å²) in [5.41, 5.74) is 1.58. The van der Waals surface area contributed by atoms with Crippen LogP contribution in [0.25, 0.3) is 5.69 Å². The van der Waals surface area contributed by atoms with E-state index in [1.54, 1.807) is 55.6 Å². The third kappa shape index (κ3) is 7.21. The Morgan fingerprint density at radius 1 is 0.907 bits per heavy atom. The van der Waals surface area contributed by atoms with Crippen LogP contribution in [0, 0.1) is 0 Å². The Bertz CT molecular complexity index is 1520. The molecule has 0 bridgehead atoms. The molecule has 43 heavy (non-hydrogen) atoms. The highest BCUT2D eigenvalue weighted by Gasteiger charge is 2.35. The van der Waals surface area contributed by atoms with E-state index in [1.165, 1.54) is 37.2 Å². The van der Waals surface area contributed by atoms with Gasteiger partial charge in [0.15, 0.2) is 11.5 Å². The molecule has 0 fully saturated rings. The molecule has 0 aliphatic rings. The number of hydrogen-bond donors (Lipinski definition) is 1. The van der Waals surface area contributed by atoms with Crippen molar-refractivity contribution in [2.75, 3.05) is 28.4 Å². The summed E-state index contributed by atoms with van der Waals surface area (Å²) in [6.45, 7) is 5.73. The molecule has 0 aliphatic carbocycles. The maximum atomic E-state index is 14.5. The van der Waals surface area contributed by atoms with Crippen molar-refractivity contribution in [1.82, 2.24) is 30.4 Å². The molecule has 1 aromatic heterocycles. The second-order valence-electron chi connectivity index (χ2n) is 10.7. The van der Waals surface area contributed by atoms with Crippen molar-refractivity contribution in [2.45, 2.75) is 38.9 Å². The van der Waals surface area contributed by atoms with Crippen LogP contribution < -0.4 is 24.3 Å². The fourth-order valence-electron chi connectivity index (χ4n) is 4.60. The zero-order chi connectivity index (χ0) is 31.1. The summed E-state index contributed by atoms with van der Waals surface area (Å²) < 4.78 is 23.5. The number of carbonyl (C=O) groups is 2. The molecule has 0 radical (unpaired) electrons. The molecule has 0 unspecified atom stereocenters. The predicted octanol–water partition coefficient (Wildman–Crippen LogP) is 4.00. The number of tetrazole rings is 1. The van der Waals surface area contributed by atoms with Gasteiger partial charge in [-0.3, -0.25) is 9.59 Å². The number of benzene rings is 3. The smallest absolute Gasteiger partial charge is 0.255 e. The van der Waals surface area contributed by atoms with Crippen molar-refractivity contribution in [3.05, 3.63) is 83.7 Å². The van der Waals surface area contributed by atoms with Gasteiger partial charge in [-0.25, -0.2) is 4.68 Å². The summed E-state index contributed by atoms with van der Waals surface area (Å²) in [6.07, 6.45) is 1.44. The summed E-state index contributed by atoms with van der Waals surface area (Å²) in [5, 5.41) is 14.4. The van der Waals surface area contributed by atoms with Crippen LogP contribution in [0.2, 0.25) is 0 Å². The number of hydrogen-bond acceptors (Lipinski definition) is 9. The molecule has 4 aromatic rings. The predicted molar refractivity (Wildman–Crippen MR) is 159 cm³/mol. The molecular weight excluding hydrogens is 552 g/mol. The molecule has 12 nitrogen and oxygen atoms in total. The first-order valence-electron chi connectivity index (χ1n) is 13.5. The van der Waals surface area contributed by atoms with E-state index < -0.39 is 17.5 Å². The summed E-state index contributed by atoms with van der Waals surface area (Å²) in [7, 11) is 6.08. The monoisotopic (exact) mass is 588 g/mol. The third-order valence-electron chi connectivity index (χ3n) is 6.54. The van der Waals surface area contributed by atoms with Crippen molar-refractivity contribution in [1.29, 1.82) is 0 Å². The first kappa shape index (κ1) is 30.8. The van der Waals surface area contributed by atoms with Crippen molar-refractivity contribution < 1.29 is 28.5 Å². The van der Waals surface area contributed by atoms with Crippen molar-refractivity contribution in [2.24, 2.45) is 0 Å². The Labute approximate surface area is 250 Å². The van der Waals surface area contributed by atoms with E-state index in [0.29, 0.717) is 39.8 Å². The molecule has 1 heterocycles. The lowest BCUT2D eigenvalue weighted by molar-refractivity contribution is -0.127. The molecule has 4 rings (SSSR count). The summed E-state index contributed by atoms with van der Waals surface area (Å²) in [6, 6.07) is 16.5. The minimum absolute atomic E-state index is 0.0941. The lowest BCUT2D eigenvalue weighted by atomic mass is 9.98. The zero-order valence-electron chi connectivity index (χ0n) is 25.3. The van der Waals surface area contributed by atoms with Crippen LogP contribution in [0.4, 0.5) is 0 Å². The van der Waals surface area contributed by atoms with Crippen molar-refractivity contribution >= 4 is 11.8 Å². The lowest BCUT2D eigenvalue weighted by Crippen LogP contribution is -2.49. The van der Waals surface area contributed by atoms with Gasteiger partial charge in [0.05, 0.1) is 34.1 Å². The summed E-state index contributed by atoms with van der Waals surface area (Å²) in [4.78, 5) is 30.2. The number of rotatable bonds is 11. The summed E-state index contributed by atoms with van der Waals surface area (Å²) >= 11 is 0. The first-order chi connectivity index (χ1) is 20.6. The zero-order valence-corrected chi connectivity index (χ0v) is 25.3. The van der Waals surface area contributed by atoms with E-state index in [4.69, 9.17) is 18.9 Å². The van der Waals surface area contributed by atoms with E-state index in [1.807, 2.05) is 32.9 Å². The fraction of sp³-hybridized carbons (Fsp3) is 0.323. The summed E-state index contributed by atoms with van der Waals surface area (Å²) in [5.74, 6) is 0.952. The van der Waals surface area contributed by atoms with Crippen LogP contribution in [0.1, 0.15) is 48.3 Å². The standard InChI is InChI=1S/C31H36N6O6/c1-31(2,3)33-29(38)27(22-16-25(41-5)28(43-7)26(17-22)42-6)36(18-20-11-13-24(40-4)14-12-20)30(39)21-9-8-10-23(15-21)37-19-32-34-35-37/h8-17,19,27H,18H2,1-7H3,(H,33,38)/t27-/m0/s1. The lowest BCUT2D eigenvalue weighted by Gasteiger charge is -2.34. The van der Waals surface area contributed by atoms with Crippen LogP contribution in [-0.4, -0.2) is 70.9 Å². The normalized spacial score (nSPS) is 11.8. The van der Waals surface area contributed by atoms with Crippen molar-refractivity contribution in [3.8, 4) is 28.7 Å². The quantitative estimate of drug-likeness (QED) is 0.276. The van der Waals surface area contributed by atoms with Gasteiger partial charge in [0.2, 0.25) is 11.7 Å². The Kier molecular flexibility index (Phi) is 9.49. The molecule has 0 saturated carbocycles. The molecule has 1 atom stereocenters. The minimum atomic E-state index is -1.10. The molecule has 0 aliphatic heterocycles. The highest BCUT2D eigenvalue weighted by Crippen LogP contribution is 2.41. The van der Waals surface area contributed by atoms with Gasteiger partial charge in [0, 0.05) is 17.6 Å². The van der Waals surface area contributed by atoms with Gasteiger partial charge in [0.25, 0.3) is 5.91 Å². The Morgan fingerprint density at radius 3 is 2.12 bits per heavy atom. The van der Waals surface area contributed by atoms with Crippen LogP contribution in [-0.2, 0) is 11.3 Å². The maximum Gasteiger partial charge on any atom is 0.255 e. The third-order valence-corrected chi connectivity index (χ3v) is 6.54. The fourth-order valence-corrected chi connectivity index (χ4v) is 4.60. The average Bonchev–Trinajstić information content (AvgIpc) is 3.54. The largest absolute Gasteiger partial charge is 0.497 e. The molecule has 2 amide bonds. The Morgan fingerprint density at radius 2 is 1.58 bits per heavy atom. The van der Waals surface area contributed by atoms with Gasteiger partial charge < -0.3 is 29.2 Å². The van der Waals surface area contributed by atoms with E-state index in [-0.39, 0.29) is 12.5 Å². The number of carbonyl (C=O) groups excluding carboxylic acids is 2. The number of amides is 2. The van der Waals surface area contributed by atoms with Crippen LogP contribution >= 0.6 is 0 Å². The molecule has 3 aromatic carbocycles. The van der Waals surface area contributed by atoms with E-state index in [2.05, 4.69) is 20.8 Å². The highest BCUT2D eigenvalue weighted by molar-refractivity contribution is 5.98. The van der Waals surface area contributed by atoms with Gasteiger partial charge in [-0.05, 0) is 84.8 Å². The number of nitrogens with zero attached hydrogens (tertiary/aromatic N) is 5. The average molecular weight is 589 g/mol. The van der Waals surface area contributed by atoms with Gasteiger partial charge in [-0.1, -0.05) is 18.2 Å². The van der Waals surface area contributed by atoms with Gasteiger partial charge in [0.1, 0.15) is 18.1 Å². The molecule has 1 N–H and O–H groups in total. The number of ether oxygens (including phenoxy) is 4. The van der Waals surface area contributed by atoms with E-state index in [0.717, 1.165) is 5.56 Å². The van der Waals surface area contributed by atoms with Crippen molar-refractivity contribution in [3.63, 3.8) is 0 Å². The van der Waals surface area contributed by atoms with E-state index >= 15 is 0 Å². The van der Waals surface area contributed by atoms with Gasteiger partial charge in [-0.15, -0.1) is 5.10 Å². The second kappa shape index (κ2) is 13.2. The van der Waals surface area contributed by atoms with Gasteiger partial charge in [-0.2, -0.15) is 0 Å². The van der Waals surface area contributed by atoms with Gasteiger partial charge >= 0.3 is 0 Å². The Balaban J connectivity index is 1.91. The number of aromatic nitrogens is 4. The van der Waals surface area contributed by atoms with E-state index in [9.17, 15) is 9.59 Å². The van der Waals surface area contributed by atoms with Crippen LogP contribution in [0.3, 0.4) is 0 Å². The first-order valence-corrected chi connectivity index (χ1v) is 13.5. The highest BCUT2D eigenvalue weighted by atomic mass is 16.5. The Hall–Kier alpha value is -5.13. The molecule has 226 valence electrons. The van der Waals surface area contributed by atoms with Crippen LogP contribution in [0.15, 0.2) is 67.0 Å². The SMILES string of the molecule is COc1ccc(CN(C(=O)c2cccc(-n3cnnn3)c2)[C@H](C(=O)NC(C)(C)C)c2cc(OC)c(OC)c(OC)c2)cc1. The number of nitrogens with one attached hydrogen (secondary N) is 1.